The average molecular weight is 340 g/mol. The molecule has 0 aromatic rings. The van der Waals surface area contributed by atoms with Crippen LogP contribution in [-0.4, -0.2) is 66.7 Å². The molecule has 2 aliphatic rings. The van der Waals surface area contributed by atoms with Gasteiger partial charge >= 0.3 is 12.1 Å². The maximum Gasteiger partial charge on any atom is 0.410 e. The van der Waals surface area contributed by atoms with E-state index in [0.717, 1.165) is 12.8 Å². The Morgan fingerprint density at radius 1 is 1.21 bits per heavy atom. The first-order chi connectivity index (χ1) is 11.2. The van der Waals surface area contributed by atoms with E-state index in [4.69, 9.17) is 9.47 Å². The number of nitrogens with zero attached hydrogens (tertiary/aromatic N) is 2. The normalized spacial score (nSPS) is 22.7. The van der Waals surface area contributed by atoms with Crippen molar-refractivity contribution in [2.45, 2.75) is 45.6 Å². The molecule has 1 atom stereocenters. The van der Waals surface area contributed by atoms with Crippen molar-refractivity contribution in [1.82, 2.24) is 9.80 Å². The third kappa shape index (κ3) is 4.85. The summed E-state index contributed by atoms with van der Waals surface area (Å²) in [6, 6.07) is 0. The summed E-state index contributed by atoms with van der Waals surface area (Å²) in [6.45, 7) is 7.94. The average Bonchev–Trinajstić information content (AvgIpc) is 2.86. The fourth-order valence-corrected chi connectivity index (χ4v) is 3.21. The number of rotatable bonds is 3. The van der Waals surface area contributed by atoms with Crippen LogP contribution in [0.25, 0.3) is 0 Å². The number of esters is 1. The fourth-order valence-electron chi connectivity index (χ4n) is 3.21. The smallest absolute Gasteiger partial charge is 0.410 e. The van der Waals surface area contributed by atoms with Crippen molar-refractivity contribution in [2.24, 2.45) is 11.8 Å². The summed E-state index contributed by atoms with van der Waals surface area (Å²) in [5.74, 6) is -0.293. The molecule has 0 aromatic carbocycles. The highest BCUT2D eigenvalue weighted by molar-refractivity contribution is 5.86. The molecule has 2 heterocycles. The molecule has 0 spiro atoms. The summed E-state index contributed by atoms with van der Waals surface area (Å²) >= 11 is 0. The van der Waals surface area contributed by atoms with E-state index in [1.54, 1.807) is 9.80 Å². The fraction of sp³-hybridized carbons (Fsp3) is 0.824. The molecule has 2 amide bonds. The van der Waals surface area contributed by atoms with Crippen molar-refractivity contribution < 1.29 is 23.9 Å². The minimum atomic E-state index is -0.487. The highest BCUT2D eigenvalue weighted by Gasteiger charge is 2.36. The van der Waals surface area contributed by atoms with E-state index < -0.39 is 5.60 Å². The van der Waals surface area contributed by atoms with Gasteiger partial charge in [0.1, 0.15) is 5.60 Å². The van der Waals surface area contributed by atoms with Crippen LogP contribution in [0.2, 0.25) is 0 Å². The van der Waals surface area contributed by atoms with Gasteiger partial charge in [-0.25, -0.2) is 4.79 Å². The molecule has 0 aliphatic carbocycles. The molecule has 2 rings (SSSR count). The molecule has 1 unspecified atom stereocenters. The monoisotopic (exact) mass is 340 g/mol. The summed E-state index contributed by atoms with van der Waals surface area (Å²) in [5.41, 5.74) is -0.487. The van der Waals surface area contributed by atoms with Crippen molar-refractivity contribution in [1.29, 1.82) is 0 Å². The number of likely N-dealkylation sites (tertiary alicyclic amines) is 2. The standard InChI is InChI=1S/C17H28N2O5/c1-17(2,3)24-16(22)18-7-5-12(6-8-18)10-19-11-13(9-14(19)20)15(21)23-4/h12-13H,5-11H2,1-4H3. The molecule has 7 heteroatoms. The van der Waals surface area contributed by atoms with Gasteiger partial charge in [0.25, 0.3) is 0 Å². The first-order valence-corrected chi connectivity index (χ1v) is 8.53. The van der Waals surface area contributed by atoms with Gasteiger partial charge in [0.15, 0.2) is 0 Å². The highest BCUT2D eigenvalue weighted by Crippen LogP contribution is 2.25. The molecule has 0 radical (unpaired) electrons. The Labute approximate surface area is 143 Å². The predicted octanol–water partition coefficient (Wildman–Crippen LogP) is 1.65. The second-order valence-corrected chi connectivity index (χ2v) is 7.63. The number of methoxy groups -OCH3 is 1. The zero-order valence-electron chi connectivity index (χ0n) is 15.0. The SMILES string of the molecule is COC(=O)C1CC(=O)N(CC2CCN(C(=O)OC(C)(C)C)CC2)C1. The van der Waals surface area contributed by atoms with Crippen molar-refractivity contribution in [2.75, 3.05) is 33.3 Å². The molecule has 24 heavy (non-hydrogen) atoms. The molecule has 0 aromatic heterocycles. The molecule has 7 nitrogen and oxygen atoms in total. The lowest BCUT2D eigenvalue weighted by Crippen LogP contribution is -2.44. The van der Waals surface area contributed by atoms with Gasteiger partial charge in [0, 0.05) is 32.6 Å². The maximum atomic E-state index is 12.1. The Bertz CT molecular complexity index is 492. The van der Waals surface area contributed by atoms with Crippen molar-refractivity contribution >= 4 is 18.0 Å². The van der Waals surface area contributed by atoms with Crippen molar-refractivity contribution in [3.8, 4) is 0 Å². The van der Waals surface area contributed by atoms with E-state index in [0.29, 0.717) is 32.1 Å². The minimum absolute atomic E-state index is 0.0139. The summed E-state index contributed by atoms with van der Waals surface area (Å²) in [5, 5.41) is 0. The van der Waals surface area contributed by atoms with Gasteiger partial charge in [0.2, 0.25) is 5.91 Å². The number of carbonyl (C=O) groups excluding carboxylic acids is 3. The Morgan fingerprint density at radius 3 is 2.38 bits per heavy atom. The maximum absolute atomic E-state index is 12.1. The van der Waals surface area contributed by atoms with Gasteiger partial charge in [-0.1, -0.05) is 0 Å². The Balaban J connectivity index is 1.78. The number of amides is 2. The third-order valence-corrected chi connectivity index (χ3v) is 4.49. The van der Waals surface area contributed by atoms with Gasteiger partial charge in [-0.15, -0.1) is 0 Å². The molecular formula is C17H28N2O5. The third-order valence-electron chi connectivity index (χ3n) is 4.49. The first kappa shape index (κ1) is 18.5. The summed E-state index contributed by atoms with van der Waals surface area (Å²) in [7, 11) is 1.35. The van der Waals surface area contributed by atoms with Gasteiger partial charge in [-0.2, -0.15) is 0 Å². The number of hydrogen-bond donors (Lipinski definition) is 0. The van der Waals surface area contributed by atoms with Crippen LogP contribution >= 0.6 is 0 Å². The molecule has 136 valence electrons. The first-order valence-electron chi connectivity index (χ1n) is 8.53. The summed E-state index contributed by atoms with van der Waals surface area (Å²) in [6.07, 6.45) is 1.64. The van der Waals surface area contributed by atoms with Gasteiger partial charge < -0.3 is 19.3 Å². The molecule has 0 bridgehead atoms. The molecule has 2 saturated heterocycles. The lowest BCUT2D eigenvalue weighted by Gasteiger charge is -2.34. The molecule has 2 aliphatic heterocycles. The largest absolute Gasteiger partial charge is 0.469 e. The topological polar surface area (TPSA) is 76.2 Å². The summed E-state index contributed by atoms with van der Waals surface area (Å²) in [4.78, 5) is 39.2. The van der Waals surface area contributed by atoms with Crippen LogP contribution in [0.1, 0.15) is 40.0 Å². The molecular weight excluding hydrogens is 312 g/mol. The number of carbonyl (C=O) groups is 3. The van der Waals surface area contributed by atoms with E-state index in [9.17, 15) is 14.4 Å². The van der Waals surface area contributed by atoms with E-state index in [2.05, 4.69) is 0 Å². The quantitative estimate of drug-likeness (QED) is 0.730. The van der Waals surface area contributed by atoms with Gasteiger partial charge in [0.05, 0.1) is 13.0 Å². The lowest BCUT2D eigenvalue weighted by molar-refractivity contribution is -0.145. The highest BCUT2D eigenvalue weighted by atomic mass is 16.6. The number of ether oxygens (including phenoxy) is 2. The van der Waals surface area contributed by atoms with Crippen LogP contribution in [0.3, 0.4) is 0 Å². The van der Waals surface area contributed by atoms with E-state index in [1.807, 2.05) is 20.8 Å². The van der Waals surface area contributed by atoms with Crippen LogP contribution in [0.15, 0.2) is 0 Å². The predicted molar refractivity (Wildman–Crippen MR) is 87.2 cm³/mol. The number of piperidine rings is 1. The number of hydrogen-bond acceptors (Lipinski definition) is 5. The Kier molecular flexibility index (Phi) is 5.72. The Morgan fingerprint density at radius 2 is 1.83 bits per heavy atom. The zero-order valence-corrected chi connectivity index (χ0v) is 15.0. The van der Waals surface area contributed by atoms with Crippen LogP contribution in [0.5, 0.6) is 0 Å². The van der Waals surface area contributed by atoms with Crippen molar-refractivity contribution in [3.63, 3.8) is 0 Å². The lowest BCUT2D eigenvalue weighted by atomic mass is 9.96. The van der Waals surface area contributed by atoms with Crippen molar-refractivity contribution in [3.05, 3.63) is 0 Å². The van der Waals surface area contributed by atoms with Crippen LogP contribution in [-0.2, 0) is 19.1 Å². The second-order valence-electron chi connectivity index (χ2n) is 7.63. The van der Waals surface area contributed by atoms with Crippen LogP contribution < -0.4 is 0 Å². The van der Waals surface area contributed by atoms with Crippen LogP contribution in [0.4, 0.5) is 4.79 Å². The summed E-state index contributed by atoms with van der Waals surface area (Å²) < 4.78 is 10.1. The minimum Gasteiger partial charge on any atom is -0.469 e. The van der Waals surface area contributed by atoms with Crippen LogP contribution in [0, 0.1) is 11.8 Å². The van der Waals surface area contributed by atoms with Gasteiger partial charge in [-0.3, -0.25) is 9.59 Å². The zero-order chi connectivity index (χ0) is 17.9. The second kappa shape index (κ2) is 7.40. The van der Waals surface area contributed by atoms with E-state index in [1.165, 1.54) is 7.11 Å². The van der Waals surface area contributed by atoms with E-state index >= 15 is 0 Å². The molecule has 2 fully saturated rings. The Hall–Kier alpha value is -1.79. The van der Waals surface area contributed by atoms with Gasteiger partial charge in [-0.05, 0) is 39.5 Å². The van der Waals surface area contributed by atoms with E-state index in [-0.39, 0.29) is 30.3 Å². The molecule has 0 N–H and O–H groups in total. The molecule has 0 saturated carbocycles.